The molecule has 0 saturated heterocycles. The highest BCUT2D eigenvalue weighted by molar-refractivity contribution is 5.69. The molecule has 0 fully saturated rings. The predicted octanol–water partition coefficient (Wildman–Crippen LogP) is 10.2. The van der Waals surface area contributed by atoms with Crippen molar-refractivity contribution in [3.8, 4) is 0 Å². The van der Waals surface area contributed by atoms with Crippen molar-refractivity contribution in [1.29, 1.82) is 0 Å². The Bertz CT molecular complexity index is 658. The summed E-state index contributed by atoms with van der Waals surface area (Å²) in [6.45, 7) is 19.8. The predicted molar refractivity (Wildman–Crippen MR) is 190 cm³/mol. The Morgan fingerprint density at radius 1 is 0.533 bits per heavy atom. The van der Waals surface area contributed by atoms with Crippen molar-refractivity contribution < 1.29 is 23.8 Å². The van der Waals surface area contributed by atoms with E-state index in [1.165, 1.54) is 77.0 Å². The van der Waals surface area contributed by atoms with Crippen LogP contribution in [0, 0.1) is 5.92 Å². The number of carbonyl (C=O) groups is 2. The Morgan fingerprint density at radius 2 is 1.02 bits per heavy atom. The van der Waals surface area contributed by atoms with E-state index in [1.54, 1.807) is 0 Å². The summed E-state index contributed by atoms with van der Waals surface area (Å²) in [7, 11) is 0. The lowest BCUT2D eigenvalue weighted by molar-refractivity contribution is -0.145. The van der Waals surface area contributed by atoms with Gasteiger partial charge in [-0.15, -0.1) is 0 Å². The SMILES string of the molecule is CCCCCCCC[C@@H](CCCCCC)COC(=O)CCCC(CCCCCC)OC(=O)OCCN(CC)CCN(CC)CC. The number of unbranched alkanes of at least 4 members (excludes halogenated alkanes) is 11. The molecule has 0 aliphatic heterocycles. The second-order valence-corrected chi connectivity index (χ2v) is 13.0. The lowest BCUT2D eigenvalue weighted by Gasteiger charge is -2.25. The van der Waals surface area contributed by atoms with Gasteiger partial charge in [-0.3, -0.25) is 9.69 Å². The Labute approximate surface area is 279 Å². The quantitative estimate of drug-likeness (QED) is 0.0522. The minimum atomic E-state index is -0.585. The first-order valence-electron chi connectivity index (χ1n) is 19.4. The molecule has 7 heteroatoms. The van der Waals surface area contributed by atoms with Crippen molar-refractivity contribution >= 4 is 12.1 Å². The summed E-state index contributed by atoms with van der Waals surface area (Å²) >= 11 is 0. The van der Waals surface area contributed by atoms with E-state index in [4.69, 9.17) is 14.2 Å². The Kier molecular flexibility index (Phi) is 31.6. The molecule has 45 heavy (non-hydrogen) atoms. The number of rotatable bonds is 33. The van der Waals surface area contributed by atoms with Crippen LogP contribution >= 0.6 is 0 Å². The zero-order valence-corrected chi connectivity index (χ0v) is 30.9. The molecule has 0 aromatic rings. The maximum absolute atomic E-state index is 12.7. The number of hydrogen-bond donors (Lipinski definition) is 0. The molecule has 0 N–H and O–H groups in total. The number of hydrogen-bond acceptors (Lipinski definition) is 7. The van der Waals surface area contributed by atoms with Crippen LogP contribution < -0.4 is 0 Å². The van der Waals surface area contributed by atoms with Gasteiger partial charge in [0.05, 0.1) is 6.61 Å². The van der Waals surface area contributed by atoms with Crippen molar-refractivity contribution in [2.45, 2.75) is 176 Å². The number of likely N-dealkylation sites (N-methyl/N-ethyl adjacent to an activating group) is 2. The zero-order chi connectivity index (χ0) is 33.4. The fourth-order valence-corrected chi connectivity index (χ4v) is 5.88. The average Bonchev–Trinajstić information content (AvgIpc) is 3.04. The summed E-state index contributed by atoms with van der Waals surface area (Å²) in [5.74, 6) is 0.357. The van der Waals surface area contributed by atoms with Crippen LogP contribution in [0.1, 0.15) is 170 Å². The normalized spacial score (nSPS) is 12.9. The highest BCUT2D eigenvalue weighted by Crippen LogP contribution is 2.20. The largest absolute Gasteiger partial charge is 0.508 e. The molecule has 0 heterocycles. The molecule has 0 spiro atoms. The maximum atomic E-state index is 12.7. The van der Waals surface area contributed by atoms with Gasteiger partial charge in [0.15, 0.2) is 0 Å². The second kappa shape index (κ2) is 32.6. The molecule has 7 nitrogen and oxygen atoms in total. The number of nitrogens with zero attached hydrogens (tertiary/aromatic N) is 2. The summed E-state index contributed by atoms with van der Waals surface area (Å²) in [4.78, 5) is 30.0. The number of ether oxygens (including phenoxy) is 3. The van der Waals surface area contributed by atoms with Crippen LogP contribution in [-0.4, -0.2) is 80.5 Å². The third-order valence-corrected chi connectivity index (χ3v) is 9.16. The molecular weight excluding hydrogens is 564 g/mol. The van der Waals surface area contributed by atoms with Gasteiger partial charge in [0.1, 0.15) is 12.7 Å². The van der Waals surface area contributed by atoms with Crippen LogP contribution in [0.4, 0.5) is 4.79 Å². The summed E-state index contributed by atoms with van der Waals surface area (Å²) in [6, 6.07) is 0. The van der Waals surface area contributed by atoms with Gasteiger partial charge in [0, 0.05) is 26.1 Å². The molecule has 0 saturated carbocycles. The fourth-order valence-electron chi connectivity index (χ4n) is 5.88. The lowest BCUT2D eigenvalue weighted by atomic mass is 9.95. The van der Waals surface area contributed by atoms with E-state index in [9.17, 15) is 9.59 Å². The van der Waals surface area contributed by atoms with E-state index in [1.807, 2.05) is 0 Å². The second-order valence-electron chi connectivity index (χ2n) is 13.0. The summed E-state index contributed by atoms with van der Waals surface area (Å²) in [5, 5.41) is 0. The Hall–Kier alpha value is -1.34. The van der Waals surface area contributed by atoms with Crippen molar-refractivity contribution in [1.82, 2.24) is 9.80 Å². The van der Waals surface area contributed by atoms with E-state index in [0.717, 1.165) is 64.8 Å². The Morgan fingerprint density at radius 3 is 1.60 bits per heavy atom. The van der Waals surface area contributed by atoms with Gasteiger partial charge in [-0.2, -0.15) is 0 Å². The number of carbonyl (C=O) groups excluding carboxylic acids is 2. The van der Waals surface area contributed by atoms with E-state index < -0.39 is 6.16 Å². The lowest BCUT2D eigenvalue weighted by Crippen LogP contribution is -2.37. The van der Waals surface area contributed by atoms with E-state index in [-0.39, 0.29) is 12.1 Å². The third-order valence-electron chi connectivity index (χ3n) is 9.16. The first-order valence-corrected chi connectivity index (χ1v) is 19.4. The summed E-state index contributed by atoms with van der Waals surface area (Å²) < 4.78 is 17.0. The zero-order valence-electron chi connectivity index (χ0n) is 30.9. The molecule has 0 aromatic carbocycles. The molecule has 0 aromatic heterocycles. The van der Waals surface area contributed by atoms with E-state index in [2.05, 4.69) is 51.3 Å². The minimum absolute atomic E-state index is 0.117. The van der Waals surface area contributed by atoms with Gasteiger partial charge in [0.2, 0.25) is 0 Å². The van der Waals surface area contributed by atoms with Gasteiger partial charge in [-0.25, -0.2) is 4.79 Å². The molecule has 0 aliphatic carbocycles. The van der Waals surface area contributed by atoms with Gasteiger partial charge >= 0.3 is 12.1 Å². The Balaban J connectivity index is 4.63. The molecule has 0 amide bonds. The van der Waals surface area contributed by atoms with Crippen molar-refractivity contribution in [2.24, 2.45) is 5.92 Å². The first kappa shape index (κ1) is 43.7. The molecule has 1 unspecified atom stereocenters. The van der Waals surface area contributed by atoms with Gasteiger partial charge in [-0.05, 0) is 64.1 Å². The van der Waals surface area contributed by atoms with Gasteiger partial charge in [0.25, 0.3) is 0 Å². The van der Waals surface area contributed by atoms with E-state index in [0.29, 0.717) is 44.9 Å². The molecule has 0 aliphatic rings. The van der Waals surface area contributed by atoms with Crippen LogP contribution in [0.3, 0.4) is 0 Å². The smallest absolute Gasteiger partial charge is 0.465 e. The molecule has 0 bridgehead atoms. The topological polar surface area (TPSA) is 68.3 Å². The molecule has 0 rings (SSSR count). The standard InChI is InChI=1S/C38H76N2O5/c1-7-13-16-19-20-22-26-35(25-21-17-14-8-2)34-44-37(41)29-24-28-36(27-23-18-15-9-3)45-38(42)43-33-32-40(12-6)31-30-39(10-4)11-5/h35-36H,7-34H2,1-6H3/t35-,36?/m1/s1. The highest BCUT2D eigenvalue weighted by Gasteiger charge is 2.18. The van der Waals surface area contributed by atoms with Crippen LogP contribution in [0.15, 0.2) is 0 Å². The van der Waals surface area contributed by atoms with Crippen LogP contribution in [0.2, 0.25) is 0 Å². The first-order chi connectivity index (χ1) is 21.9. The van der Waals surface area contributed by atoms with Gasteiger partial charge in [-0.1, -0.05) is 125 Å². The van der Waals surface area contributed by atoms with E-state index >= 15 is 0 Å². The third kappa shape index (κ3) is 27.5. The van der Waals surface area contributed by atoms with Crippen LogP contribution in [-0.2, 0) is 19.0 Å². The summed E-state index contributed by atoms with van der Waals surface area (Å²) in [6.07, 6.45) is 21.3. The molecular formula is C38H76N2O5. The minimum Gasteiger partial charge on any atom is -0.465 e. The van der Waals surface area contributed by atoms with Crippen LogP contribution in [0.25, 0.3) is 0 Å². The van der Waals surface area contributed by atoms with Gasteiger partial charge < -0.3 is 19.1 Å². The number of esters is 1. The molecule has 268 valence electrons. The summed E-state index contributed by atoms with van der Waals surface area (Å²) in [5.41, 5.74) is 0. The van der Waals surface area contributed by atoms with Crippen molar-refractivity contribution in [2.75, 3.05) is 52.5 Å². The molecule has 2 atom stereocenters. The average molecular weight is 641 g/mol. The highest BCUT2D eigenvalue weighted by atomic mass is 16.7. The maximum Gasteiger partial charge on any atom is 0.508 e. The molecule has 0 radical (unpaired) electrons. The van der Waals surface area contributed by atoms with Crippen molar-refractivity contribution in [3.05, 3.63) is 0 Å². The van der Waals surface area contributed by atoms with Crippen molar-refractivity contribution in [3.63, 3.8) is 0 Å². The monoisotopic (exact) mass is 641 g/mol. The van der Waals surface area contributed by atoms with Crippen LogP contribution in [0.5, 0.6) is 0 Å². The fraction of sp³-hybridized carbons (Fsp3) is 0.947.